The van der Waals surface area contributed by atoms with E-state index in [9.17, 15) is 4.79 Å². The summed E-state index contributed by atoms with van der Waals surface area (Å²) in [7, 11) is 0. The number of rotatable bonds is 7. The molecule has 3 nitrogen and oxygen atoms in total. The van der Waals surface area contributed by atoms with Crippen molar-refractivity contribution < 1.29 is 9.53 Å². The summed E-state index contributed by atoms with van der Waals surface area (Å²) >= 11 is 0. The minimum Gasteiger partial charge on any atom is -0.466 e. The van der Waals surface area contributed by atoms with Gasteiger partial charge in [-0.1, -0.05) is 33.1 Å². The van der Waals surface area contributed by atoms with Crippen LogP contribution in [0.15, 0.2) is 0 Å². The van der Waals surface area contributed by atoms with Crippen molar-refractivity contribution in [1.29, 1.82) is 0 Å². The van der Waals surface area contributed by atoms with Crippen LogP contribution < -0.4 is 5.32 Å². The lowest BCUT2D eigenvalue weighted by atomic mass is 9.73. The molecular weight excluding hydrogens is 226 g/mol. The molecule has 1 aliphatic rings. The lowest BCUT2D eigenvalue weighted by Gasteiger charge is -2.41. The van der Waals surface area contributed by atoms with Crippen LogP contribution in [-0.2, 0) is 9.53 Å². The van der Waals surface area contributed by atoms with E-state index < -0.39 is 0 Å². The maximum Gasteiger partial charge on any atom is 0.307 e. The molecule has 0 bridgehead atoms. The second-order valence-corrected chi connectivity index (χ2v) is 5.56. The zero-order valence-corrected chi connectivity index (χ0v) is 12.3. The van der Waals surface area contributed by atoms with E-state index in [0.717, 1.165) is 31.7 Å². The van der Waals surface area contributed by atoms with Gasteiger partial charge in [-0.05, 0) is 38.6 Å². The molecule has 0 heterocycles. The molecule has 2 unspecified atom stereocenters. The van der Waals surface area contributed by atoms with Gasteiger partial charge in [0.05, 0.1) is 13.0 Å². The van der Waals surface area contributed by atoms with Crippen LogP contribution in [0.3, 0.4) is 0 Å². The number of nitrogens with one attached hydrogen (secondary N) is 1. The van der Waals surface area contributed by atoms with Gasteiger partial charge in [0.15, 0.2) is 0 Å². The van der Waals surface area contributed by atoms with Crippen LogP contribution in [0.4, 0.5) is 0 Å². The Balaban J connectivity index is 2.64. The first-order valence-electron chi connectivity index (χ1n) is 7.56. The van der Waals surface area contributed by atoms with E-state index in [2.05, 4.69) is 19.2 Å². The third-order valence-corrected chi connectivity index (χ3v) is 4.06. The van der Waals surface area contributed by atoms with Gasteiger partial charge >= 0.3 is 5.97 Å². The summed E-state index contributed by atoms with van der Waals surface area (Å²) in [5, 5.41) is 3.64. The lowest BCUT2D eigenvalue weighted by molar-refractivity contribution is -0.145. The zero-order valence-electron chi connectivity index (χ0n) is 12.3. The molecule has 3 heteroatoms. The van der Waals surface area contributed by atoms with E-state index in [1.54, 1.807) is 0 Å². The Bertz CT molecular complexity index is 255. The topological polar surface area (TPSA) is 38.3 Å². The first-order chi connectivity index (χ1) is 8.65. The van der Waals surface area contributed by atoms with Gasteiger partial charge in [0, 0.05) is 5.54 Å². The largest absolute Gasteiger partial charge is 0.466 e. The monoisotopic (exact) mass is 255 g/mol. The molecule has 0 amide bonds. The third kappa shape index (κ3) is 4.60. The highest BCUT2D eigenvalue weighted by Gasteiger charge is 2.37. The molecular formula is C15H29NO2. The number of carbonyl (C=O) groups excluding carboxylic acids is 1. The molecule has 1 aliphatic carbocycles. The van der Waals surface area contributed by atoms with Crippen molar-refractivity contribution in [3.05, 3.63) is 0 Å². The molecule has 18 heavy (non-hydrogen) atoms. The summed E-state index contributed by atoms with van der Waals surface area (Å²) in [5.41, 5.74) is 0.00118. The maximum absolute atomic E-state index is 11.8. The van der Waals surface area contributed by atoms with E-state index in [-0.39, 0.29) is 11.5 Å². The van der Waals surface area contributed by atoms with Crippen molar-refractivity contribution in [2.45, 2.75) is 71.3 Å². The van der Waals surface area contributed by atoms with Crippen LogP contribution in [-0.4, -0.2) is 24.7 Å². The maximum atomic E-state index is 11.8. The molecule has 0 aromatic rings. The molecule has 0 radical (unpaired) electrons. The van der Waals surface area contributed by atoms with Gasteiger partial charge in [0.1, 0.15) is 0 Å². The number of hydrogen-bond donors (Lipinski definition) is 1. The standard InChI is InChI=1S/C15H29NO2/c1-4-10-16-15(12-14(17)18-6-3)9-7-8-13(5-2)11-15/h13,16H,4-12H2,1-3H3. The lowest BCUT2D eigenvalue weighted by Crippen LogP contribution is -2.50. The highest BCUT2D eigenvalue weighted by atomic mass is 16.5. The van der Waals surface area contributed by atoms with E-state index in [4.69, 9.17) is 4.74 Å². The Morgan fingerprint density at radius 2 is 2.17 bits per heavy atom. The van der Waals surface area contributed by atoms with Gasteiger partial charge in [-0.2, -0.15) is 0 Å². The third-order valence-electron chi connectivity index (χ3n) is 4.06. The molecule has 1 saturated carbocycles. The minimum atomic E-state index is -0.0437. The van der Waals surface area contributed by atoms with E-state index in [0.29, 0.717) is 13.0 Å². The number of esters is 1. The van der Waals surface area contributed by atoms with Gasteiger partial charge in [-0.3, -0.25) is 4.79 Å². The van der Waals surface area contributed by atoms with Crippen LogP contribution in [0.25, 0.3) is 0 Å². The average Bonchev–Trinajstić information content (AvgIpc) is 2.37. The summed E-state index contributed by atoms with van der Waals surface area (Å²) in [5.74, 6) is 0.718. The van der Waals surface area contributed by atoms with Crippen LogP contribution in [0.2, 0.25) is 0 Å². The number of hydrogen-bond acceptors (Lipinski definition) is 3. The molecule has 1 rings (SSSR count). The Morgan fingerprint density at radius 3 is 2.78 bits per heavy atom. The molecule has 1 N–H and O–H groups in total. The average molecular weight is 255 g/mol. The first-order valence-corrected chi connectivity index (χ1v) is 7.56. The second-order valence-electron chi connectivity index (χ2n) is 5.56. The minimum absolute atomic E-state index is 0.00118. The fourth-order valence-corrected chi connectivity index (χ4v) is 3.10. The van der Waals surface area contributed by atoms with Gasteiger partial charge in [0.25, 0.3) is 0 Å². The van der Waals surface area contributed by atoms with E-state index in [1.165, 1.54) is 19.3 Å². The van der Waals surface area contributed by atoms with Crippen molar-refractivity contribution in [2.24, 2.45) is 5.92 Å². The van der Waals surface area contributed by atoms with E-state index in [1.807, 2.05) is 6.92 Å². The molecule has 0 spiro atoms. The fraction of sp³-hybridized carbons (Fsp3) is 0.933. The van der Waals surface area contributed by atoms with Gasteiger partial charge < -0.3 is 10.1 Å². The summed E-state index contributed by atoms with van der Waals surface area (Å²) < 4.78 is 5.14. The first kappa shape index (κ1) is 15.5. The summed E-state index contributed by atoms with van der Waals surface area (Å²) in [6, 6.07) is 0. The molecule has 1 fully saturated rings. The van der Waals surface area contributed by atoms with Gasteiger partial charge in [-0.25, -0.2) is 0 Å². The summed E-state index contributed by atoms with van der Waals surface area (Å²) in [6.07, 6.45) is 7.66. The Morgan fingerprint density at radius 1 is 1.39 bits per heavy atom. The van der Waals surface area contributed by atoms with Crippen LogP contribution in [0.5, 0.6) is 0 Å². The predicted molar refractivity (Wildman–Crippen MR) is 74.5 cm³/mol. The van der Waals surface area contributed by atoms with Crippen molar-refractivity contribution in [1.82, 2.24) is 5.32 Å². The highest BCUT2D eigenvalue weighted by Crippen LogP contribution is 2.36. The number of carbonyl (C=O) groups is 1. The summed E-state index contributed by atoms with van der Waals surface area (Å²) in [6.45, 7) is 7.78. The fourth-order valence-electron chi connectivity index (χ4n) is 3.10. The molecule has 0 aliphatic heterocycles. The predicted octanol–water partition coefficient (Wildman–Crippen LogP) is 3.28. The molecule has 2 atom stereocenters. The zero-order chi connectivity index (χ0) is 13.4. The SMILES string of the molecule is CCCNC1(CC(=O)OCC)CCCC(CC)C1. The van der Waals surface area contributed by atoms with Crippen molar-refractivity contribution in [3.8, 4) is 0 Å². The quantitative estimate of drug-likeness (QED) is 0.709. The second kappa shape index (κ2) is 7.78. The Hall–Kier alpha value is -0.570. The highest BCUT2D eigenvalue weighted by molar-refractivity contribution is 5.71. The molecule has 0 aromatic carbocycles. The van der Waals surface area contributed by atoms with Crippen molar-refractivity contribution in [3.63, 3.8) is 0 Å². The normalized spacial score (nSPS) is 28.1. The Kier molecular flexibility index (Phi) is 6.69. The van der Waals surface area contributed by atoms with Crippen LogP contribution in [0, 0.1) is 5.92 Å². The molecule has 0 aromatic heterocycles. The van der Waals surface area contributed by atoms with E-state index >= 15 is 0 Å². The van der Waals surface area contributed by atoms with Crippen LogP contribution >= 0.6 is 0 Å². The molecule has 106 valence electrons. The number of ether oxygens (including phenoxy) is 1. The summed E-state index contributed by atoms with van der Waals surface area (Å²) in [4.78, 5) is 11.8. The van der Waals surface area contributed by atoms with Gasteiger partial charge in [-0.15, -0.1) is 0 Å². The van der Waals surface area contributed by atoms with Crippen molar-refractivity contribution >= 4 is 5.97 Å². The van der Waals surface area contributed by atoms with Crippen molar-refractivity contribution in [2.75, 3.05) is 13.2 Å². The van der Waals surface area contributed by atoms with Crippen LogP contribution in [0.1, 0.15) is 65.7 Å². The Labute approximate surface area is 112 Å². The molecule has 0 saturated heterocycles. The van der Waals surface area contributed by atoms with Gasteiger partial charge in [0.2, 0.25) is 0 Å². The smallest absolute Gasteiger partial charge is 0.307 e.